The lowest BCUT2D eigenvalue weighted by molar-refractivity contribution is 0.122. The van der Waals surface area contributed by atoms with Crippen molar-refractivity contribution in [3.05, 3.63) is 114 Å². The molecular formula is C36H28ClF4N15O. The van der Waals surface area contributed by atoms with Crippen molar-refractivity contribution in [2.24, 2.45) is 0 Å². The molecule has 0 radical (unpaired) electrons. The zero-order valence-electron chi connectivity index (χ0n) is 29.4. The van der Waals surface area contributed by atoms with Crippen molar-refractivity contribution in [1.82, 2.24) is 59.0 Å². The number of imidazole rings is 2. The number of ether oxygens (including phenoxy) is 1. The third kappa shape index (κ3) is 7.67. The van der Waals surface area contributed by atoms with E-state index in [4.69, 9.17) is 32.8 Å². The smallest absolute Gasteiger partial charge is 0.228 e. The van der Waals surface area contributed by atoms with Crippen LogP contribution in [0.25, 0.3) is 44.8 Å². The Morgan fingerprint density at radius 2 is 1.04 bits per heavy atom. The number of halogens is 5. The number of morpholine rings is 1. The van der Waals surface area contributed by atoms with Gasteiger partial charge in [-0.2, -0.15) is 9.97 Å². The lowest BCUT2D eigenvalue weighted by Gasteiger charge is -2.27. The summed E-state index contributed by atoms with van der Waals surface area (Å²) in [6, 6.07) is 7.47. The average molecular weight is 798 g/mol. The van der Waals surface area contributed by atoms with Crippen molar-refractivity contribution in [2.45, 2.75) is 13.1 Å². The molecule has 0 saturated carbocycles. The van der Waals surface area contributed by atoms with Crippen molar-refractivity contribution < 1.29 is 22.3 Å². The molecule has 57 heavy (non-hydrogen) atoms. The Morgan fingerprint density at radius 3 is 1.51 bits per heavy atom. The van der Waals surface area contributed by atoms with E-state index in [2.05, 4.69) is 44.9 Å². The Balaban J connectivity index is 0.000000162. The SMILES string of the molecule is Nc1ncc(-c2nc(Cl)nc3c2ncn3Cc2c(F)cccc2F)cn1.Nc1ncc(-c2nc(N3CCOCC3)nc3c2ncn3Cc2c(F)cccc2F)cn1. The van der Waals surface area contributed by atoms with Gasteiger partial charge in [0.1, 0.15) is 45.7 Å². The van der Waals surface area contributed by atoms with Gasteiger partial charge in [0, 0.05) is 60.1 Å². The van der Waals surface area contributed by atoms with Crippen LogP contribution in [0.1, 0.15) is 11.1 Å². The van der Waals surface area contributed by atoms with Crippen LogP contribution in [-0.2, 0) is 17.8 Å². The molecule has 1 aliphatic rings. The summed E-state index contributed by atoms with van der Waals surface area (Å²) in [5.41, 5.74) is 14.7. The van der Waals surface area contributed by atoms with Gasteiger partial charge in [0.05, 0.1) is 39.0 Å². The van der Waals surface area contributed by atoms with Crippen molar-refractivity contribution in [3.63, 3.8) is 0 Å². The van der Waals surface area contributed by atoms with Crippen molar-refractivity contribution in [2.75, 3.05) is 42.7 Å². The van der Waals surface area contributed by atoms with E-state index in [0.29, 0.717) is 77.1 Å². The fourth-order valence-electron chi connectivity index (χ4n) is 6.02. The Morgan fingerprint density at radius 1 is 0.596 bits per heavy atom. The third-order valence-electron chi connectivity index (χ3n) is 8.85. The summed E-state index contributed by atoms with van der Waals surface area (Å²) in [5.74, 6) is -1.83. The maximum Gasteiger partial charge on any atom is 0.228 e. The molecule has 0 atom stereocenters. The third-order valence-corrected chi connectivity index (χ3v) is 9.02. The van der Waals surface area contributed by atoms with Gasteiger partial charge in [-0.1, -0.05) is 12.1 Å². The minimum atomic E-state index is -0.654. The van der Waals surface area contributed by atoms with Crippen LogP contribution in [-0.4, -0.2) is 85.3 Å². The van der Waals surface area contributed by atoms with E-state index in [1.165, 1.54) is 66.0 Å². The zero-order valence-corrected chi connectivity index (χ0v) is 30.2. The molecule has 9 rings (SSSR count). The second kappa shape index (κ2) is 15.7. The number of benzene rings is 2. The number of anilines is 3. The molecule has 21 heteroatoms. The zero-order chi connectivity index (χ0) is 39.6. The molecule has 4 N–H and O–H groups in total. The second-order valence-electron chi connectivity index (χ2n) is 12.5. The summed E-state index contributed by atoms with van der Waals surface area (Å²) in [7, 11) is 0. The first-order chi connectivity index (χ1) is 27.6. The summed E-state index contributed by atoms with van der Waals surface area (Å²) in [5, 5.41) is -0.0416. The molecular weight excluding hydrogens is 770 g/mol. The molecule has 2 aromatic carbocycles. The van der Waals surface area contributed by atoms with E-state index in [1.807, 2.05) is 4.90 Å². The van der Waals surface area contributed by atoms with Crippen molar-refractivity contribution >= 4 is 51.8 Å². The van der Waals surface area contributed by atoms with Gasteiger partial charge in [-0.15, -0.1) is 0 Å². The molecule has 1 saturated heterocycles. The average Bonchev–Trinajstić information content (AvgIpc) is 3.82. The van der Waals surface area contributed by atoms with E-state index in [1.54, 1.807) is 17.0 Å². The van der Waals surface area contributed by atoms with Gasteiger partial charge >= 0.3 is 0 Å². The van der Waals surface area contributed by atoms with Crippen molar-refractivity contribution in [1.29, 1.82) is 0 Å². The molecule has 0 amide bonds. The largest absolute Gasteiger partial charge is 0.378 e. The number of aromatic nitrogens is 12. The minimum absolute atomic E-state index is 0.0416. The summed E-state index contributed by atoms with van der Waals surface area (Å²) >= 11 is 6.02. The van der Waals surface area contributed by atoms with Crippen LogP contribution in [0.2, 0.25) is 5.28 Å². The molecule has 0 bridgehead atoms. The lowest BCUT2D eigenvalue weighted by Crippen LogP contribution is -2.37. The molecule has 0 aliphatic carbocycles. The maximum atomic E-state index is 14.2. The maximum absolute atomic E-state index is 14.2. The first kappa shape index (κ1) is 37.0. The number of nitrogens with two attached hydrogens (primary N) is 2. The Hall–Kier alpha value is -6.93. The van der Waals surface area contributed by atoms with Gasteiger partial charge < -0.3 is 30.2 Å². The predicted molar refractivity (Wildman–Crippen MR) is 200 cm³/mol. The highest BCUT2D eigenvalue weighted by Crippen LogP contribution is 2.29. The quantitative estimate of drug-likeness (QED) is 0.163. The first-order valence-corrected chi connectivity index (χ1v) is 17.5. The van der Waals surface area contributed by atoms with E-state index < -0.39 is 23.3 Å². The lowest BCUT2D eigenvalue weighted by atomic mass is 10.2. The van der Waals surface area contributed by atoms with Crippen LogP contribution in [0.15, 0.2) is 73.8 Å². The number of nitrogen functional groups attached to an aromatic ring is 2. The normalized spacial score (nSPS) is 12.9. The summed E-state index contributed by atoms with van der Waals surface area (Å²) in [6.07, 6.45) is 9.00. The Labute approximate surface area is 324 Å². The van der Waals surface area contributed by atoms with E-state index in [0.717, 1.165) is 0 Å². The Bertz CT molecular complexity index is 2680. The van der Waals surface area contributed by atoms with Gasteiger partial charge in [0.2, 0.25) is 23.1 Å². The van der Waals surface area contributed by atoms with Gasteiger partial charge in [0.15, 0.2) is 11.3 Å². The number of fused-ring (bicyclic) bond motifs is 2. The van der Waals surface area contributed by atoms with Crippen LogP contribution in [0.5, 0.6) is 0 Å². The Kier molecular flexibility index (Phi) is 10.2. The van der Waals surface area contributed by atoms with Gasteiger partial charge in [0.25, 0.3) is 0 Å². The van der Waals surface area contributed by atoms with Gasteiger partial charge in [-0.05, 0) is 35.9 Å². The minimum Gasteiger partial charge on any atom is -0.378 e. The molecule has 6 aromatic heterocycles. The van der Waals surface area contributed by atoms with Crippen LogP contribution < -0.4 is 16.4 Å². The van der Waals surface area contributed by atoms with Crippen LogP contribution in [0.3, 0.4) is 0 Å². The number of hydrogen-bond acceptors (Lipinski definition) is 14. The first-order valence-electron chi connectivity index (χ1n) is 17.1. The standard InChI is InChI=1S/C20H18F2N8O.C16H10ClF2N7/c21-14-2-1-3-15(22)13(14)10-30-11-26-17-16(12-8-24-19(23)25-9-12)27-20(28-18(17)30)29-4-6-31-7-5-29;17-15-24-12(8-4-21-16(20)22-5-8)13-14(25-15)26(7-23-13)6-9-10(18)2-1-3-11(9)19/h1-3,8-9,11H,4-7,10H2,(H2,23,24,25);1-5,7H,6H2,(H2,20,21,22). The molecule has 8 aromatic rings. The molecule has 0 unspecified atom stereocenters. The molecule has 0 spiro atoms. The topological polar surface area (TPSA) is 203 Å². The monoisotopic (exact) mass is 797 g/mol. The van der Waals surface area contributed by atoms with Crippen LogP contribution in [0.4, 0.5) is 35.4 Å². The van der Waals surface area contributed by atoms with Crippen LogP contribution in [0, 0.1) is 23.3 Å². The number of hydrogen-bond donors (Lipinski definition) is 2. The molecule has 1 aliphatic heterocycles. The highest BCUT2D eigenvalue weighted by molar-refractivity contribution is 6.28. The molecule has 1 fully saturated rings. The summed E-state index contributed by atoms with van der Waals surface area (Å²) < 4.78 is 64.9. The summed E-state index contributed by atoms with van der Waals surface area (Å²) in [4.78, 5) is 44.3. The van der Waals surface area contributed by atoms with E-state index >= 15 is 0 Å². The fraction of sp³-hybridized carbons (Fsp3) is 0.167. The fourth-order valence-corrected chi connectivity index (χ4v) is 6.18. The number of nitrogens with zero attached hydrogens (tertiary/aromatic N) is 13. The molecule has 7 heterocycles. The highest BCUT2D eigenvalue weighted by Gasteiger charge is 2.22. The van der Waals surface area contributed by atoms with E-state index in [9.17, 15) is 17.6 Å². The van der Waals surface area contributed by atoms with E-state index in [-0.39, 0.29) is 41.4 Å². The van der Waals surface area contributed by atoms with Crippen molar-refractivity contribution in [3.8, 4) is 22.5 Å². The second-order valence-corrected chi connectivity index (χ2v) is 12.8. The highest BCUT2D eigenvalue weighted by atomic mass is 35.5. The predicted octanol–water partition coefficient (Wildman–Crippen LogP) is 4.87. The van der Waals surface area contributed by atoms with Gasteiger partial charge in [-0.3, -0.25) is 0 Å². The van der Waals surface area contributed by atoms with Gasteiger partial charge in [-0.25, -0.2) is 57.4 Å². The number of rotatable bonds is 7. The molecule has 288 valence electrons. The summed E-state index contributed by atoms with van der Waals surface area (Å²) in [6.45, 7) is 2.20. The van der Waals surface area contributed by atoms with Crippen LogP contribution >= 0.6 is 11.6 Å². The molecule has 16 nitrogen and oxygen atoms in total.